The third-order valence-electron chi connectivity index (χ3n) is 4.70. The van der Waals surface area contributed by atoms with Crippen LogP contribution < -0.4 is 10.1 Å². The average molecular weight is 420 g/mol. The van der Waals surface area contributed by atoms with Crippen molar-refractivity contribution in [3.05, 3.63) is 65.7 Å². The van der Waals surface area contributed by atoms with Gasteiger partial charge in [-0.1, -0.05) is 77.1 Å². The molecule has 0 saturated heterocycles. The molecule has 0 unspecified atom stereocenters. The maximum absolute atomic E-state index is 5.81. The number of hydrogen-bond acceptors (Lipinski definition) is 3. The van der Waals surface area contributed by atoms with Gasteiger partial charge in [0.15, 0.2) is 0 Å². The predicted octanol–water partition coefficient (Wildman–Crippen LogP) is 6.01. The number of benzene rings is 2. The molecule has 2 aromatic rings. The second-order valence-corrected chi connectivity index (χ2v) is 9.27. The molecule has 0 heterocycles. The summed E-state index contributed by atoms with van der Waals surface area (Å²) in [5.41, 5.74) is 3.12. The molecule has 4 heteroatoms. The van der Waals surface area contributed by atoms with Crippen LogP contribution in [0.5, 0.6) is 5.75 Å². The van der Waals surface area contributed by atoms with Crippen LogP contribution in [0.15, 0.2) is 54.6 Å². The minimum atomic E-state index is 0. The van der Waals surface area contributed by atoms with Gasteiger partial charge in [-0.2, -0.15) is 0 Å². The molecule has 0 aliphatic heterocycles. The van der Waals surface area contributed by atoms with Gasteiger partial charge in [-0.15, -0.1) is 12.4 Å². The molecule has 0 saturated carbocycles. The summed E-state index contributed by atoms with van der Waals surface area (Å²) in [5.74, 6) is 0.904. The number of rotatable bonds is 11. The molecule has 3 nitrogen and oxygen atoms in total. The van der Waals surface area contributed by atoms with E-state index in [4.69, 9.17) is 9.47 Å². The smallest absolute Gasteiger partial charge is 0.119 e. The van der Waals surface area contributed by atoms with E-state index in [1.54, 1.807) is 0 Å². The molecule has 0 aliphatic carbocycles. The van der Waals surface area contributed by atoms with E-state index in [0.29, 0.717) is 25.2 Å². The molecule has 0 bridgehead atoms. The van der Waals surface area contributed by atoms with E-state index in [0.717, 1.165) is 25.3 Å². The summed E-state index contributed by atoms with van der Waals surface area (Å²) in [6, 6.07) is 18.9. The molecule has 2 aromatic carbocycles. The monoisotopic (exact) mass is 419 g/mol. The van der Waals surface area contributed by atoms with Crippen LogP contribution in [0.4, 0.5) is 0 Å². The topological polar surface area (TPSA) is 30.5 Å². The van der Waals surface area contributed by atoms with E-state index < -0.39 is 0 Å². The Kier molecular flexibility index (Phi) is 10.7. The van der Waals surface area contributed by atoms with Gasteiger partial charge in [-0.3, -0.25) is 0 Å². The van der Waals surface area contributed by atoms with Gasteiger partial charge < -0.3 is 14.8 Å². The predicted molar refractivity (Wildman–Crippen MR) is 125 cm³/mol. The zero-order valence-electron chi connectivity index (χ0n) is 18.7. The zero-order chi connectivity index (χ0) is 20.5. The highest BCUT2D eigenvalue weighted by molar-refractivity contribution is 5.85. The van der Waals surface area contributed by atoms with Gasteiger partial charge in [0.1, 0.15) is 12.4 Å². The van der Waals surface area contributed by atoms with Crippen molar-refractivity contribution in [2.75, 3.05) is 26.4 Å². The van der Waals surface area contributed by atoms with Crippen LogP contribution in [0.3, 0.4) is 0 Å². The van der Waals surface area contributed by atoms with E-state index in [9.17, 15) is 0 Å². The Labute approximate surface area is 183 Å². The van der Waals surface area contributed by atoms with Gasteiger partial charge >= 0.3 is 0 Å². The molecular formula is C25H38ClNO2. The zero-order valence-corrected chi connectivity index (χ0v) is 19.5. The van der Waals surface area contributed by atoms with Crippen LogP contribution in [0.25, 0.3) is 0 Å². The molecule has 1 N–H and O–H groups in total. The molecule has 29 heavy (non-hydrogen) atoms. The Morgan fingerprint density at radius 2 is 1.45 bits per heavy atom. The van der Waals surface area contributed by atoms with Gasteiger partial charge in [0, 0.05) is 13.1 Å². The lowest BCUT2D eigenvalue weighted by Crippen LogP contribution is -2.24. The molecule has 0 atom stereocenters. The average Bonchev–Trinajstić information content (AvgIpc) is 2.63. The van der Waals surface area contributed by atoms with Crippen molar-refractivity contribution in [1.29, 1.82) is 0 Å². The maximum atomic E-state index is 5.81. The van der Waals surface area contributed by atoms with Crippen molar-refractivity contribution in [3.63, 3.8) is 0 Å². The molecule has 0 fully saturated rings. The van der Waals surface area contributed by atoms with Crippen molar-refractivity contribution < 1.29 is 9.47 Å². The Bertz CT molecular complexity index is 678. The first-order valence-corrected chi connectivity index (χ1v) is 10.3. The van der Waals surface area contributed by atoms with E-state index in [2.05, 4.69) is 88.5 Å². The quantitative estimate of drug-likeness (QED) is 0.452. The van der Waals surface area contributed by atoms with Crippen LogP contribution in [-0.4, -0.2) is 26.4 Å². The molecule has 0 aromatic heterocycles. The van der Waals surface area contributed by atoms with Crippen molar-refractivity contribution in [2.24, 2.45) is 5.41 Å². The molecule has 0 spiro atoms. The molecule has 162 valence electrons. The van der Waals surface area contributed by atoms with Crippen molar-refractivity contribution >= 4 is 12.4 Å². The van der Waals surface area contributed by atoms with Gasteiger partial charge in [0.25, 0.3) is 0 Å². The van der Waals surface area contributed by atoms with E-state index >= 15 is 0 Å². The molecule has 0 amide bonds. The lowest BCUT2D eigenvalue weighted by molar-refractivity contribution is 0.102. The van der Waals surface area contributed by atoms with Crippen molar-refractivity contribution in [2.45, 2.75) is 53.0 Å². The minimum Gasteiger partial charge on any atom is -0.491 e. The number of ether oxygens (including phenoxy) is 2. The number of hydrogen-bond donors (Lipinski definition) is 1. The van der Waals surface area contributed by atoms with E-state index in [-0.39, 0.29) is 17.8 Å². The summed E-state index contributed by atoms with van der Waals surface area (Å²) in [7, 11) is 0. The Hall–Kier alpha value is -1.55. The Morgan fingerprint density at radius 1 is 0.793 bits per heavy atom. The SMILES string of the molecule is CC(C)(C)CC(C)(C)c1ccc(OCCOCCNCc2ccccc2)cc1.Cl. The number of halogens is 1. The fourth-order valence-electron chi connectivity index (χ4n) is 3.72. The van der Waals surface area contributed by atoms with E-state index in [1.807, 2.05) is 6.07 Å². The van der Waals surface area contributed by atoms with E-state index in [1.165, 1.54) is 11.1 Å². The van der Waals surface area contributed by atoms with Gasteiger partial charge in [0.2, 0.25) is 0 Å². The van der Waals surface area contributed by atoms with Crippen LogP contribution in [-0.2, 0) is 16.7 Å². The second-order valence-electron chi connectivity index (χ2n) is 9.27. The first-order chi connectivity index (χ1) is 13.3. The highest BCUT2D eigenvalue weighted by Gasteiger charge is 2.27. The Balaban J connectivity index is 0.00000420. The van der Waals surface area contributed by atoms with Gasteiger partial charge in [-0.05, 0) is 40.5 Å². The first kappa shape index (κ1) is 25.5. The molecule has 0 radical (unpaired) electrons. The third kappa shape index (κ3) is 10.2. The molecule has 0 aliphatic rings. The van der Waals surface area contributed by atoms with Crippen LogP contribution >= 0.6 is 12.4 Å². The summed E-state index contributed by atoms with van der Waals surface area (Å²) in [5, 5.41) is 3.38. The van der Waals surface area contributed by atoms with Crippen molar-refractivity contribution in [1.82, 2.24) is 5.32 Å². The maximum Gasteiger partial charge on any atom is 0.119 e. The highest BCUT2D eigenvalue weighted by Crippen LogP contribution is 2.36. The third-order valence-corrected chi connectivity index (χ3v) is 4.70. The van der Waals surface area contributed by atoms with Crippen molar-refractivity contribution in [3.8, 4) is 5.75 Å². The summed E-state index contributed by atoms with van der Waals surface area (Å²) in [4.78, 5) is 0. The largest absolute Gasteiger partial charge is 0.491 e. The van der Waals surface area contributed by atoms with Gasteiger partial charge in [0.05, 0.1) is 13.2 Å². The summed E-state index contributed by atoms with van der Waals surface area (Å²) < 4.78 is 11.4. The second kappa shape index (κ2) is 12.2. The fraction of sp³-hybridized carbons (Fsp3) is 0.520. The lowest BCUT2D eigenvalue weighted by Gasteiger charge is -2.33. The molecule has 2 rings (SSSR count). The van der Waals surface area contributed by atoms with Crippen LogP contribution in [0, 0.1) is 5.41 Å². The van der Waals surface area contributed by atoms with Crippen LogP contribution in [0.2, 0.25) is 0 Å². The van der Waals surface area contributed by atoms with Gasteiger partial charge in [-0.25, -0.2) is 0 Å². The summed E-state index contributed by atoms with van der Waals surface area (Å²) in [6.07, 6.45) is 1.15. The summed E-state index contributed by atoms with van der Waals surface area (Å²) >= 11 is 0. The number of nitrogens with one attached hydrogen (secondary N) is 1. The van der Waals surface area contributed by atoms with Crippen LogP contribution in [0.1, 0.15) is 52.2 Å². The standard InChI is InChI=1S/C25H37NO2.ClH/c1-24(2,3)20-25(4,5)22-11-13-23(14-12-22)28-18-17-27-16-15-26-19-21-9-7-6-8-10-21;/h6-14,26H,15-20H2,1-5H3;1H. The highest BCUT2D eigenvalue weighted by atomic mass is 35.5. The summed E-state index contributed by atoms with van der Waals surface area (Å²) in [6.45, 7) is 15.1. The lowest BCUT2D eigenvalue weighted by atomic mass is 9.72. The Morgan fingerprint density at radius 3 is 2.07 bits per heavy atom. The fourth-order valence-corrected chi connectivity index (χ4v) is 3.72. The first-order valence-electron chi connectivity index (χ1n) is 10.3. The molecular weight excluding hydrogens is 382 g/mol. The minimum absolute atomic E-state index is 0. The normalized spacial score (nSPS) is 11.8.